The van der Waals surface area contributed by atoms with E-state index < -0.39 is 5.82 Å². The highest BCUT2D eigenvalue weighted by molar-refractivity contribution is 6.33. The molecule has 0 radical (unpaired) electrons. The largest absolute Gasteiger partial charge is 0.493 e. The molecule has 2 amide bonds. The molecule has 0 aromatic heterocycles. The molecule has 5 nitrogen and oxygen atoms in total. The van der Waals surface area contributed by atoms with Crippen LogP contribution in [0.4, 0.5) is 4.39 Å². The number of carbonyl (C=O) groups excluding carboxylic acids is 2. The molecule has 3 rings (SSSR count). The van der Waals surface area contributed by atoms with Crippen molar-refractivity contribution in [1.82, 2.24) is 9.80 Å². The number of ether oxygens (including phenoxy) is 1. The van der Waals surface area contributed by atoms with Gasteiger partial charge in [-0.25, -0.2) is 4.39 Å². The van der Waals surface area contributed by atoms with E-state index in [9.17, 15) is 14.0 Å². The third-order valence-electron chi connectivity index (χ3n) is 4.68. The van der Waals surface area contributed by atoms with Crippen molar-refractivity contribution in [1.29, 1.82) is 0 Å². The van der Waals surface area contributed by atoms with Crippen LogP contribution in [0, 0.1) is 11.7 Å². The number of rotatable bonds is 5. The van der Waals surface area contributed by atoms with Crippen molar-refractivity contribution >= 4 is 23.4 Å². The molecule has 0 aliphatic carbocycles. The van der Waals surface area contributed by atoms with Gasteiger partial charge in [-0.05, 0) is 42.3 Å². The first-order valence-corrected chi connectivity index (χ1v) is 9.99. The second-order valence-electron chi connectivity index (χ2n) is 7.44. The lowest BCUT2D eigenvalue weighted by atomic mass is 10.1. The van der Waals surface area contributed by atoms with Crippen molar-refractivity contribution in [3.63, 3.8) is 0 Å². The number of nitrogens with zero attached hydrogens (tertiary/aromatic N) is 2. The number of amides is 2. The van der Waals surface area contributed by atoms with E-state index in [0.29, 0.717) is 50.0 Å². The first-order valence-electron chi connectivity index (χ1n) is 9.61. The lowest BCUT2D eigenvalue weighted by Crippen LogP contribution is -2.50. The SMILES string of the molecule is CC(C)COc1cccc(C(=O)N2CCN(C(=O)c3ccc(F)cc3Cl)CC2)c1. The molecule has 29 heavy (non-hydrogen) atoms. The Morgan fingerprint density at radius 2 is 1.69 bits per heavy atom. The predicted octanol–water partition coefficient (Wildman–Crippen LogP) is 4.11. The van der Waals surface area contributed by atoms with E-state index in [-0.39, 0.29) is 22.4 Å². The Labute approximate surface area is 175 Å². The fraction of sp³-hybridized carbons (Fsp3) is 0.364. The van der Waals surface area contributed by atoms with Crippen LogP contribution in [0.3, 0.4) is 0 Å². The Kier molecular flexibility index (Phi) is 6.75. The van der Waals surface area contributed by atoms with Gasteiger partial charge in [-0.3, -0.25) is 9.59 Å². The van der Waals surface area contributed by atoms with Crippen molar-refractivity contribution in [2.45, 2.75) is 13.8 Å². The van der Waals surface area contributed by atoms with Crippen molar-refractivity contribution in [2.75, 3.05) is 32.8 Å². The molecule has 0 atom stereocenters. The molecule has 1 saturated heterocycles. The van der Waals surface area contributed by atoms with Crippen molar-refractivity contribution in [3.05, 3.63) is 64.4 Å². The van der Waals surface area contributed by atoms with Gasteiger partial charge in [-0.15, -0.1) is 0 Å². The van der Waals surface area contributed by atoms with Crippen molar-refractivity contribution in [3.8, 4) is 5.75 Å². The molecular formula is C22H24ClFN2O3. The molecule has 154 valence electrons. The first kappa shape index (κ1) is 21.1. The van der Waals surface area contributed by atoms with Crippen LogP contribution >= 0.6 is 11.6 Å². The number of piperazine rings is 1. The van der Waals surface area contributed by atoms with Crippen molar-refractivity contribution in [2.24, 2.45) is 5.92 Å². The van der Waals surface area contributed by atoms with E-state index in [4.69, 9.17) is 16.3 Å². The third kappa shape index (κ3) is 5.26. The zero-order valence-corrected chi connectivity index (χ0v) is 17.3. The highest BCUT2D eigenvalue weighted by Crippen LogP contribution is 2.21. The zero-order chi connectivity index (χ0) is 21.0. The summed E-state index contributed by atoms with van der Waals surface area (Å²) >= 11 is 6.00. The lowest BCUT2D eigenvalue weighted by Gasteiger charge is -2.35. The van der Waals surface area contributed by atoms with Gasteiger partial charge in [-0.1, -0.05) is 31.5 Å². The maximum atomic E-state index is 13.2. The van der Waals surface area contributed by atoms with Gasteiger partial charge in [0, 0.05) is 31.7 Å². The van der Waals surface area contributed by atoms with Gasteiger partial charge in [0.15, 0.2) is 0 Å². The van der Waals surface area contributed by atoms with Crippen LogP contribution in [0.25, 0.3) is 0 Å². The number of carbonyl (C=O) groups is 2. The van der Waals surface area contributed by atoms with E-state index in [0.717, 1.165) is 6.07 Å². The highest BCUT2D eigenvalue weighted by atomic mass is 35.5. The average molecular weight is 419 g/mol. The van der Waals surface area contributed by atoms with E-state index in [2.05, 4.69) is 13.8 Å². The van der Waals surface area contributed by atoms with Crippen LogP contribution in [0.2, 0.25) is 5.02 Å². The topological polar surface area (TPSA) is 49.9 Å². The predicted molar refractivity (Wildman–Crippen MR) is 110 cm³/mol. The number of benzene rings is 2. The fourth-order valence-corrected chi connectivity index (χ4v) is 3.36. The molecule has 0 N–H and O–H groups in total. The molecule has 1 fully saturated rings. The summed E-state index contributed by atoms with van der Waals surface area (Å²) < 4.78 is 18.9. The van der Waals surface area contributed by atoms with Gasteiger partial charge >= 0.3 is 0 Å². The molecule has 1 heterocycles. The molecular weight excluding hydrogens is 395 g/mol. The van der Waals surface area contributed by atoms with Crippen LogP contribution in [0.5, 0.6) is 5.75 Å². The first-order chi connectivity index (χ1) is 13.8. The maximum Gasteiger partial charge on any atom is 0.255 e. The van der Waals surface area contributed by atoms with E-state index in [1.165, 1.54) is 12.1 Å². The Morgan fingerprint density at radius 1 is 1.03 bits per heavy atom. The number of halogens is 2. The summed E-state index contributed by atoms with van der Waals surface area (Å²) in [6.07, 6.45) is 0. The van der Waals surface area contributed by atoms with Gasteiger partial charge < -0.3 is 14.5 Å². The van der Waals surface area contributed by atoms with Gasteiger partial charge in [-0.2, -0.15) is 0 Å². The minimum atomic E-state index is -0.485. The summed E-state index contributed by atoms with van der Waals surface area (Å²) in [5.41, 5.74) is 0.829. The Balaban J connectivity index is 1.61. The molecule has 1 aliphatic rings. The summed E-state index contributed by atoms with van der Waals surface area (Å²) in [4.78, 5) is 28.8. The summed E-state index contributed by atoms with van der Waals surface area (Å²) in [6.45, 7) is 6.33. The van der Waals surface area contributed by atoms with Crippen LogP contribution in [0.15, 0.2) is 42.5 Å². The van der Waals surface area contributed by atoms with E-state index in [1.54, 1.807) is 28.0 Å². The van der Waals surface area contributed by atoms with Gasteiger partial charge in [0.25, 0.3) is 11.8 Å². The molecule has 0 bridgehead atoms. The van der Waals surface area contributed by atoms with E-state index >= 15 is 0 Å². The molecule has 1 aliphatic heterocycles. The molecule has 2 aromatic rings. The average Bonchev–Trinajstić information content (AvgIpc) is 2.71. The van der Waals surface area contributed by atoms with Crippen LogP contribution in [-0.4, -0.2) is 54.4 Å². The van der Waals surface area contributed by atoms with Gasteiger partial charge in [0.05, 0.1) is 17.2 Å². The Bertz CT molecular complexity index is 895. The molecule has 2 aromatic carbocycles. The van der Waals surface area contributed by atoms with Crippen LogP contribution in [0.1, 0.15) is 34.6 Å². The van der Waals surface area contributed by atoms with Gasteiger partial charge in [0.2, 0.25) is 0 Å². The quantitative estimate of drug-likeness (QED) is 0.734. The third-order valence-corrected chi connectivity index (χ3v) is 4.99. The number of hydrogen-bond donors (Lipinski definition) is 0. The Hall–Kier alpha value is -2.60. The minimum absolute atomic E-state index is 0.0896. The smallest absolute Gasteiger partial charge is 0.255 e. The molecule has 0 saturated carbocycles. The van der Waals surface area contributed by atoms with E-state index in [1.807, 2.05) is 6.07 Å². The highest BCUT2D eigenvalue weighted by Gasteiger charge is 2.26. The van der Waals surface area contributed by atoms with Gasteiger partial charge in [0.1, 0.15) is 11.6 Å². The molecule has 0 spiro atoms. The fourth-order valence-electron chi connectivity index (χ4n) is 3.11. The summed E-state index contributed by atoms with van der Waals surface area (Å²) in [7, 11) is 0. The maximum absolute atomic E-state index is 13.2. The number of hydrogen-bond acceptors (Lipinski definition) is 3. The standard InChI is InChI=1S/C22H24ClFN2O3/c1-15(2)14-29-18-5-3-4-16(12-18)21(27)25-8-10-26(11-9-25)22(28)19-7-6-17(24)13-20(19)23/h3-7,12-13,15H,8-11,14H2,1-2H3. The van der Waals surface area contributed by atoms with Crippen molar-refractivity contribution < 1.29 is 18.7 Å². The normalized spacial score (nSPS) is 14.2. The summed E-state index contributed by atoms with van der Waals surface area (Å²) in [5.74, 6) is 0.235. The zero-order valence-electron chi connectivity index (χ0n) is 16.5. The summed E-state index contributed by atoms with van der Waals surface area (Å²) in [6, 6.07) is 10.9. The Morgan fingerprint density at radius 3 is 2.31 bits per heavy atom. The monoisotopic (exact) mass is 418 g/mol. The second-order valence-corrected chi connectivity index (χ2v) is 7.85. The van der Waals surface area contributed by atoms with Crippen LogP contribution in [-0.2, 0) is 0 Å². The molecule has 0 unspecified atom stereocenters. The second kappa shape index (κ2) is 9.27. The minimum Gasteiger partial charge on any atom is -0.493 e. The summed E-state index contributed by atoms with van der Waals surface area (Å²) in [5, 5.41) is 0.0896. The molecule has 7 heteroatoms. The lowest BCUT2D eigenvalue weighted by molar-refractivity contribution is 0.0535. The van der Waals surface area contributed by atoms with Crippen LogP contribution < -0.4 is 4.74 Å².